The van der Waals surface area contributed by atoms with Crippen molar-refractivity contribution in [2.24, 2.45) is 0 Å². The van der Waals surface area contributed by atoms with Crippen LogP contribution in [-0.2, 0) is 6.54 Å². The molecule has 19 heavy (non-hydrogen) atoms. The number of hydrogen-bond donors (Lipinski definition) is 0. The SMILES string of the molecule is CCN(Cc1ccccc1)Oc1cccc(Cl)c1Cl. The molecular formula is C15H15Cl2NO. The molecule has 0 saturated carbocycles. The molecule has 0 unspecified atom stereocenters. The van der Waals surface area contributed by atoms with E-state index in [1.54, 1.807) is 6.07 Å². The summed E-state index contributed by atoms with van der Waals surface area (Å²) in [5.41, 5.74) is 1.18. The topological polar surface area (TPSA) is 12.5 Å². The van der Waals surface area contributed by atoms with Gasteiger partial charge in [-0.1, -0.05) is 59.6 Å². The van der Waals surface area contributed by atoms with Gasteiger partial charge in [0.1, 0.15) is 5.02 Å². The van der Waals surface area contributed by atoms with Crippen molar-refractivity contribution in [3.63, 3.8) is 0 Å². The second kappa shape index (κ2) is 6.80. The molecule has 0 amide bonds. The van der Waals surface area contributed by atoms with Crippen molar-refractivity contribution in [2.45, 2.75) is 13.5 Å². The Morgan fingerprint density at radius 3 is 2.42 bits per heavy atom. The minimum Gasteiger partial charge on any atom is -0.404 e. The Kier molecular flexibility index (Phi) is 5.08. The minimum atomic E-state index is 0.440. The first-order valence-corrected chi connectivity index (χ1v) is 6.87. The molecule has 2 rings (SSSR count). The van der Waals surface area contributed by atoms with Gasteiger partial charge in [-0.2, -0.15) is 0 Å². The van der Waals surface area contributed by atoms with E-state index in [0.717, 1.165) is 6.54 Å². The lowest BCUT2D eigenvalue weighted by molar-refractivity contribution is -0.0621. The van der Waals surface area contributed by atoms with Gasteiger partial charge in [-0.05, 0) is 24.6 Å². The van der Waals surface area contributed by atoms with Crippen molar-refractivity contribution in [1.82, 2.24) is 5.06 Å². The smallest absolute Gasteiger partial charge is 0.167 e. The monoisotopic (exact) mass is 295 g/mol. The van der Waals surface area contributed by atoms with E-state index in [4.69, 9.17) is 28.0 Å². The third-order valence-electron chi connectivity index (χ3n) is 2.70. The van der Waals surface area contributed by atoms with Crippen LogP contribution in [0, 0.1) is 0 Å². The molecule has 0 aromatic heterocycles. The molecule has 100 valence electrons. The average Bonchev–Trinajstić information content (AvgIpc) is 2.44. The van der Waals surface area contributed by atoms with Crippen LogP contribution < -0.4 is 4.84 Å². The van der Waals surface area contributed by atoms with E-state index < -0.39 is 0 Å². The summed E-state index contributed by atoms with van der Waals surface area (Å²) in [6.45, 7) is 3.47. The summed E-state index contributed by atoms with van der Waals surface area (Å²) >= 11 is 12.1. The highest BCUT2D eigenvalue weighted by Crippen LogP contribution is 2.32. The zero-order valence-corrected chi connectivity index (χ0v) is 12.2. The van der Waals surface area contributed by atoms with Gasteiger partial charge in [0, 0.05) is 6.54 Å². The second-order valence-electron chi connectivity index (χ2n) is 4.08. The Bertz CT molecular complexity index is 531. The third kappa shape index (κ3) is 3.87. The molecule has 0 aliphatic rings. The highest BCUT2D eigenvalue weighted by atomic mass is 35.5. The first kappa shape index (κ1) is 14.2. The summed E-state index contributed by atoms with van der Waals surface area (Å²) in [7, 11) is 0. The molecule has 4 heteroatoms. The van der Waals surface area contributed by atoms with Gasteiger partial charge in [-0.15, -0.1) is 5.06 Å². The maximum atomic E-state index is 6.11. The fourth-order valence-electron chi connectivity index (χ4n) is 1.69. The van der Waals surface area contributed by atoms with Gasteiger partial charge in [0.25, 0.3) is 0 Å². The highest BCUT2D eigenvalue weighted by molar-refractivity contribution is 6.42. The molecule has 0 atom stereocenters. The maximum absolute atomic E-state index is 6.11. The van der Waals surface area contributed by atoms with Crippen molar-refractivity contribution in [2.75, 3.05) is 6.54 Å². The van der Waals surface area contributed by atoms with Crippen LogP contribution >= 0.6 is 23.2 Å². The van der Waals surface area contributed by atoms with Crippen molar-refractivity contribution >= 4 is 23.2 Å². The van der Waals surface area contributed by atoms with Crippen LogP contribution in [0.15, 0.2) is 48.5 Å². The summed E-state index contributed by atoms with van der Waals surface area (Å²) in [5, 5.41) is 2.78. The van der Waals surface area contributed by atoms with Crippen LogP contribution in [-0.4, -0.2) is 11.6 Å². The van der Waals surface area contributed by atoms with E-state index in [0.29, 0.717) is 22.3 Å². The fourth-order valence-corrected chi connectivity index (χ4v) is 2.02. The Balaban J connectivity index is 2.09. The number of hydroxylamine groups is 2. The quantitative estimate of drug-likeness (QED) is 0.734. The standard InChI is InChI=1S/C15H15Cl2NO/c1-2-18(11-12-7-4-3-5-8-12)19-14-10-6-9-13(16)15(14)17/h3-10H,2,11H2,1H3. The number of benzene rings is 2. The molecule has 0 radical (unpaired) electrons. The first-order chi connectivity index (χ1) is 9.20. The van der Waals surface area contributed by atoms with Crippen LogP contribution in [0.5, 0.6) is 5.75 Å². The van der Waals surface area contributed by atoms with E-state index in [1.807, 2.05) is 42.3 Å². The van der Waals surface area contributed by atoms with Gasteiger partial charge in [0.05, 0.1) is 11.6 Å². The normalized spacial score (nSPS) is 10.7. The molecule has 0 aliphatic carbocycles. The van der Waals surface area contributed by atoms with Crippen molar-refractivity contribution in [3.05, 3.63) is 64.1 Å². The summed E-state index contributed by atoms with van der Waals surface area (Å²) in [5.74, 6) is 0.576. The van der Waals surface area contributed by atoms with Crippen molar-refractivity contribution < 1.29 is 4.84 Å². The molecule has 0 fully saturated rings. The number of nitrogens with zero attached hydrogens (tertiary/aromatic N) is 1. The Labute approximate surface area is 123 Å². The molecule has 2 nitrogen and oxygen atoms in total. The van der Waals surface area contributed by atoms with Gasteiger partial charge in [0.15, 0.2) is 5.75 Å². The molecular weight excluding hydrogens is 281 g/mol. The zero-order valence-electron chi connectivity index (χ0n) is 10.6. The predicted molar refractivity (Wildman–Crippen MR) is 79.6 cm³/mol. The number of rotatable bonds is 5. The van der Waals surface area contributed by atoms with Crippen LogP contribution in [0.1, 0.15) is 12.5 Å². The lowest BCUT2D eigenvalue weighted by atomic mass is 10.2. The van der Waals surface area contributed by atoms with Crippen molar-refractivity contribution in [3.8, 4) is 5.75 Å². The Morgan fingerprint density at radius 1 is 1.00 bits per heavy atom. The molecule has 0 bridgehead atoms. The lowest BCUT2D eigenvalue weighted by Gasteiger charge is -2.21. The second-order valence-corrected chi connectivity index (χ2v) is 4.87. The average molecular weight is 296 g/mol. The first-order valence-electron chi connectivity index (χ1n) is 6.11. The predicted octanol–water partition coefficient (Wildman–Crippen LogP) is 4.81. The third-order valence-corrected chi connectivity index (χ3v) is 3.50. The van der Waals surface area contributed by atoms with E-state index in [-0.39, 0.29) is 0 Å². The largest absolute Gasteiger partial charge is 0.404 e. The van der Waals surface area contributed by atoms with Gasteiger partial charge in [-0.3, -0.25) is 0 Å². The van der Waals surface area contributed by atoms with Gasteiger partial charge < -0.3 is 4.84 Å². The van der Waals surface area contributed by atoms with E-state index in [9.17, 15) is 0 Å². The summed E-state index contributed by atoms with van der Waals surface area (Å²) in [6, 6.07) is 15.5. The molecule has 0 spiro atoms. The zero-order chi connectivity index (χ0) is 13.7. The molecule has 0 N–H and O–H groups in total. The summed E-state index contributed by atoms with van der Waals surface area (Å²) < 4.78 is 0. The Morgan fingerprint density at radius 2 is 1.74 bits per heavy atom. The molecule has 0 aliphatic heterocycles. The molecule has 0 saturated heterocycles. The van der Waals surface area contributed by atoms with E-state index in [2.05, 4.69) is 12.1 Å². The summed E-state index contributed by atoms with van der Waals surface area (Å²) in [6.07, 6.45) is 0. The highest BCUT2D eigenvalue weighted by Gasteiger charge is 2.10. The maximum Gasteiger partial charge on any atom is 0.167 e. The van der Waals surface area contributed by atoms with Crippen LogP contribution in [0.3, 0.4) is 0 Å². The molecule has 0 heterocycles. The Hall–Kier alpha value is -1.22. The number of hydrogen-bond acceptors (Lipinski definition) is 2. The van der Waals surface area contributed by atoms with Gasteiger partial charge in [-0.25, -0.2) is 0 Å². The van der Waals surface area contributed by atoms with Gasteiger partial charge >= 0.3 is 0 Å². The minimum absolute atomic E-state index is 0.440. The van der Waals surface area contributed by atoms with Crippen LogP contribution in [0.4, 0.5) is 0 Å². The van der Waals surface area contributed by atoms with E-state index in [1.165, 1.54) is 5.56 Å². The van der Waals surface area contributed by atoms with E-state index >= 15 is 0 Å². The molecule has 2 aromatic rings. The van der Waals surface area contributed by atoms with Crippen LogP contribution in [0.25, 0.3) is 0 Å². The fraction of sp³-hybridized carbons (Fsp3) is 0.200. The van der Waals surface area contributed by atoms with Crippen LogP contribution in [0.2, 0.25) is 10.0 Å². The van der Waals surface area contributed by atoms with Gasteiger partial charge in [0.2, 0.25) is 0 Å². The van der Waals surface area contributed by atoms with Crippen molar-refractivity contribution in [1.29, 1.82) is 0 Å². The summed E-state index contributed by atoms with van der Waals surface area (Å²) in [4.78, 5) is 5.80. The lowest BCUT2D eigenvalue weighted by Crippen LogP contribution is -2.26. The molecule has 2 aromatic carbocycles. The number of halogens is 2.